The van der Waals surface area contributed by atoms with Gasteiger partial charge in [0.15, 0.2) is 0 Å². The molecule has 2 aromatic rings. The van der Waals surface area contributed by atoms with Gasteiger partial charge < -0.3 is 4.90 Å². The molecule has 0 aromatic carbocycles. The van der Waals surface area contributed by atoms with Crippen LogP contribution in [0.4, 0.5) is 5.82 Å². The minimum absolute atomic E-state index is 0.132. The number of pyridine rings is 1. The van der Waals surface area contributed by atoms with Crippen LogP contribution in [-0.4, -0.2) is 44.1 Å². The number of amides is 1. The molecule has 1 amide bonds. The predicted molar refractivity (Wildman–Crippen MR) is 131 cm³/mol. The van der Waals surface area contributed by atoms with Gasteiger partial charge in [-0.15, -0.1) is 0 Å². The third-order valence-electron chi connectivity index (χ3n) is 5.61. The lowest BCUT2D eigenvalue weighted by Crippen LogP contribution is -2.40. The van der Waals surface area contributed by atoms with Crippen molar-refractivity contribution in [1.29, 1.82) is 0 Å². The van der Waals surface area contributed by atoms with E-state index >= 15 is 0 Å². The van der Waals surface area contributed by atoms with Crippen LogP contribution in [0.15, 0.2) is 34.1 Å². The van der Waals surface area contributed by atoms with E-state index < -0.39 is 0 Å². The van der Waals surface area contributed by atoms with Crippen molar-refractivity contribution in [3.05, 3.63) is 45.2 Å². The van der Waals surface area contributed by atoms with Gasteiger partial charge >= 0.3 is 0 Å². The second-order valence-electron chi connectivity index (χ2n) is 9.12. The standard InChI is InChI=1S/C23H28N4O2S2/c1-14(2)11-27-22(29)18(31-23(27)30)10-17-20(25-12-15(3)9-16(4)13-25)24-19-7-5-6-8-26(19)21(17)28/h5-8,10,14-16H,9,11-13H2,1-4H3/b18-10+/t15-,16-/m0/s1. The Morgan fingerprint density at radius 3 is 2.61 bits per heavy atom. The maximum atomic E-state index is 13.5. The number of nitrogens with zero attached hydrogens (tertiary/aromatic N) is 4. The van der Waals surface area contributed by atoms with Crippen LogP contribution in [0.3, 0.4) is 0 Å². The summed E-state index contributed by atoms with van der Waals surface area (Å²) in [4.78, 5) is 35.7. The first kappa shape index (κ1) is 22.0. The van der Waals surface area contributed by atoms with Crippen LogP contribution in [-0.2, 0) is 4.79 Å². The van der Waals surface area contributed by atoms with E-state index in [2.05, 4.69) is 32.6 Å². The zero-order valence-electron chi connectivity index (χ0n) is 18.4. The largest absolute Gasteiger partial charge is 0.355 e. The molecule has 2 aliphatic heterocycles. The van der Waals surface area contributed by atoms with Crippen LogP contribution >= 0.6 is 24.0 Å². The number of fused-ring (bicyclic) bond motifs is 1. The summed E-state index contributed by atoms with van der Waals surface area (Å²) in [6.45, 7) is 10.8. The quantitative estimate of drug-likeness (QED) is 0.511. The SMILES string of the molecule is CC(C)CN1C(=O)/C(=C\c2c(N3C[C@@H](C)C[C@H](C)C3)nc3ccccn3c2=O)SC1=S. The van der Waals surface area contributed by atoms with Gasteiger partial charge in [-0.05, 0) is 42.4 Å². The third-order valence-corrected chi connectivity index (χ3v) is 6.99. The monoisotopic (exact) mass is 456 g/mol. The molecule has 164 valence electrons. The van der Waals surface area contributed by atoms with Crippen LogP contribution < -0.4 is 10.5 Å². The minimum Gasteiger partial charge on any atom is -0.355 e. The highest BCUT2D eigenvalue weighted by molar-refractivity contribution is 8.26. The van der Waals surface area contributed by atoms with E-state index in [4.69, 9.17) is 17.2 Å². The van der Waals surface area contributed by atoms with E-state index in [1.165, 1.54) is 11.8 Å². The van der Waals surface area contributed by atoms with Crippen molar-refractivity contribution in [3.63, 3.8) is 0 Å². The molecule has 31 heavy (non-hydrogen) atoms. The molecule has 2 fully saturated rings. The van der Waals surface area contributed by atoms with Gasteiger partial charge in [-0.3, -0.25) is 18.9 Å². The Bertz CT molecular complexity index is 1110. The number of piperidine rings is 1. The molecule has 0 unspecified atom stereocenters. The number of hydrogen-bond acceptors (Lipinski definition) is 6. The summed E-state index contributed by atoms with van der Waals surface area (Å²) in [5, 5.41) is 0. The fourth-order valence-corrected chi connectivity index (χ4v) is 5.70. The number of carbonyl (C=O) groups excluding carboxylic acids is 1. The van der Waals surface area contributed by atoms with E-state index in [-0.39, 0.29) is 11.5 Å². The smallest absolute Gasteiger partial charge is 0.267 e. The van der Waals surface area contributed by atoms with Gasteiger partial charge in [0.25, 0.3) is 11.5 Å². The number of carbonyl (C=O) groups is 1. The van der Waals surface area contributed by atoms with Gasteiger partial charge in [-0.1, -0.05) is 57.7 Å². The van der Waals surface area contributed by atoms with Gasteiger partial charge in [0, 0.05) is 25.8 Å². The van der Waals surface area contributed by atoms with E-state index in [0.29, 0.717) is 50.6 Å². The Labute approximate surface area is 192 Å². The highest BCUT2D eigenvalue weighted by Gasteiger charge is 2.33. The van der Waals surface area contributed by atoms with Crippen LogP contribution in [0.5, 0.6) is 0 Å². The number of aromatic nitrogens is 2. The maximum Gasteiger partial charge on any atom is 0.267 e. The first-order chi connectivity index (χ1) is 14.7. The Morgan fingerprint density at radius 1 is 1.23 bits per heavy atom. The Kier molecular flexibility index (Phi) is 6.21. The second-order valence-corrected chi connectivity index (χ2v) is 10.8. The van der Waals surface area contributed by atoms with Crippen LogP contribution in [0, 0.1) is 17.8 Å². The minimum atomic E-state index is -0.166. The summed E-state index contributed by atoms with van der Waals surface area (Å²) in [6, 6.07) is 5.53. The maximum absolute atomic E-state index is 13.5. The molecule has 0 spiro atoms. The molecule has 4 rings (SSSR count). The van der Waals surface area contributed by atoms with Gasteiger partial charge in [-0.2, -0.15) is 0 Å². The first-order valence-corrected chi connectivity index (χ1v) is 12.0. The van der Waals surface area contributed by atoms with Crippen molar-refractivity contribution < 1.29 is 4.79 Å². The fraction of sp³-hybridized carbons (Fsp3) is 0.478. The highest BCUT2D eigenvalue weighted by Crippen LogP contribution is 2.35. The van der Waals surface area contributed by atoms with E-state index in [9.17, 15) is 9.59 Å². The second kappa shape index (κ2) is 8.74. The Morgan fingerprint density at radius 2 is 1.94 bits per heavy atom. The van der Waals surface area contributed by atoms with Crippen molar-refractivity contribution in [2.45, 2.75) is 34.1 Å². The average molecular weight is 457 g/mol. The van der Waals surface area contributed by atoms with E-state index in [1.54, 1.807) is 21.6 Å². The topological polar surface area (TPSA) is 57.9 Å². The molecule has 8 heteroatoms. The zero-order valence-corrected chi connectivity index (χ0v) is 20.0. The van der Waals surface area contributed by atoms with Crippen molar-refractivity contribution in [1.82, 2.24) is 14.3 Å². The molecular formula is C23H28N4O2S2. The summed E-state index contributed by atoms with van der Waals surface area (Å²) in [6.07, 6.45) is 4.58. The van der Waals surface area contributed by atoms with E-state index in [0.717, 1.165) is 19.5 Å². The lowest BCUT2D eigenvalue weighted by Gasteiger charge is -2.36. The van der Waals surface area contributed by atoms with Gasteiger partial charge in [-0.25, -0.2) is 4.98 Å². The molecule has 0 N–H and O–H groups in total. The summed E-state index contributed by atoms with van der Waals surface area (Å²) >= 11 is 6.71. The van der Waals surface area contributed by atoms with Crippen LogP contribution in [0.1, 0.15) is 39.7 Å². The molecule has 6 nitrogen and oxygen atoms in total. The van der Waals surface area contributed by atoms with Gasteiger partial charge in [0.05, 0.1) is 10.5 Å². The Balaban J connectivity index is 1.84. The first-order valence-electron chi connectivity index (χ1n) is 10.8. The van der Waals surface area contributed by atoms with Crippen LogP contribution in [0.2, 0.25) is 0 Å². The molecule has 0 radical (unpaired) electrons. The predicted octanol–water partition coefficient (Wildman–Crippen LogP) is 4.03. The van der Waals surface area contributed by atoms with E-state index in [1.807, 2.05) is 18.2 Å². The molecule has 0 saturated carbocycles. The molecule has 2 saturated heterocycles. The molecule has 4 heterocycles. The van der Waals surface area contributed by atoms with Crippen LogP contribution in [0.25, 0.3) is 11.7 Å². The van der Waals surface area contributed by atoms with Crippen molar-refractivity contribution >= 4 is 51.7 Å². The summed E-state index contributed by atoms with van der Waals surface area (Å²) in [7, 11) is 0. The molecular weight excluding hydrogens is 428 g/mol. The van der Waals surface area contributed by atoms with Crippen molar-refractivity contribution in [2.24, 2.45) is 17.8 Å². The Hall–Kier alpha value is -2.19. The lowest BCUT2D eigenvalue weighted by atomic mass is 9.91. The lowest BCUT2D eigenvalue weighted by molar-refractivity contribution is -0.122. The average Bonchev–Trinajstić information content (AvgIpc) is 2.96. The number of thiocarbonyl (C=S) groups is 1. The van der Waals surface area contributed by atoms with Gasteiger partial charge in [0.2, 0.25) is 0 Å². The molecule has 2 aliphatic rings. The highest BCUT2D eigenvalue weighted by atomic mass is 32.2. The number of anilines is 1. The number of rotatable bonds is 4. The van der Waals surface area contributed by atoms with Gasteiger partial charge in [0.1, 0.15) is 15.8 Å². The summed E-state index contributed by atoms with van der Waals surface area (Å²) < 4.78 is 2.08. The molecule has 0 bridgehead atoms. The molecule has 2 aromatic heterocycles. The summed E-state index contributed by atoms with van der Waals surface area (Å²) in [5.41, 5.74) is 0.897. The normalized spacial score (nSPS) is 23.6. The molecule has 0 aliphatic carbocycles. The molecule has 2 atom stereocenters. The van der Waals surface area contributed by atoms with Crippen molar-refractivity contribution in [2.75, 3.05) is 24.5 Å². The summed E-state index contributed by atoms with van der Waals surface area (Å²) in [5.74, 6) is 1.85. The number of thioether (sulfide) groups is 1. The third kappa shape index (κ3) is 4.41. The van der Waals surface area contributed by atoms with Crippen molar-refractivity contribution in [3.8, 4) is 0 Å². The number of hydrogen-bond donors (Lipinski definition) is 0. The fourth-order valence-electron chi connectivity index (χ4n) is 4.45. The zero-order chi connectivity index (χ0) is 22.3.